The molecule has 0 radical (unpaired) electrons. The first kappa shape index (κ1) is 15.4. The molecule has 0 saturated carbocycles. The molecule has 2 aromatic rings. The second kappa shape index (κ2) is 5.81. The van der Waals surface area contributed by atoms with Gasteiger partial charge in [0, 0.05) is 11.3 Å². The van der Waals surface area contributed by atoms with Crippen molar-refractivity contribution >= 4 is 23.0 Å². The Morgan fingerprint density at radius 1 is 1.33 bits per heavy atom. The predicted molar refractivity (Wildman–Crippen MR) is 87.6 cm³/mol. The van der Waals surface area contributed by atoms with Crippen molar-refractivity contribution in [1.82, 2.24) is 10.1 Å². The first-order chi connectivity index (χ1) is 9.81. The van der Waals surface area contributed by atoms with E-state index < -0.39 is 0 Å². The van der Waals surface area contributed by atoms with Crippen LogP contribution in [0.15, 0.2) is 10.6 Å². The van der Waals surface area contributed by atoms with Gasteiger partial charge in [0.1, 0.15) is 16.6 Å². The van der Waals surface area contributed by atoms with E-state index in [0.717, 1.165) is 33.8 Å². The normalized spacial score (nSPS) is 12.2. The summed E-state index contributed by atoms with van der Waals surface area (Å²) in [6.45, 7) is 9.79. The SMILES string of the molecule is Cc1cc(C)c(C(N)=S)c(NC(C)c2c(C)noc2C)n1. The van der Waals surface area contributed by atoms with Crippen molar-refractivity contribution in [2.24, 2.45) is 5.73 Å². The molecule has 1 unspecified atom stereocenters. The van der Waals surface area contributed by atoms with Crippen LogP contribution in [0.1, 0.15) is 46.8 Å². The lowest BCUT2D eigenvalue weighted by Crippen LogP contribution is -2.18. The molecule has 0 aliphatic rings. The summed E-state index contributed by atoms with van der Waals surface area (Å²) in [5.74, 6) is 1.50. The van der Waals surface area contributed by atoms with Crippen LogP contribution in [-0.4, -0.2) is 15.1 Å². The maximum absolute atomic E-state index is 5.84. The molecule has 0 fully saturated rings. The van der Waals surface area contributed by atoms with E-state index in [4.69, 9.17) is 22.5 Å². The van der Waals surface area contributed by atoms with Gasteiger partial charge < -0.3 is 15.6 Å². The number of pyridine rings is 1. The second-order valence-corrected chi connectivity index (χ2v) is 5.71. The number of aryl methyl sites for hydroxylation is 4. The third kappa shape index (κ3) is 3.05. The van der Waals surface area contributed by atoms with Crippen LogP contribution in [0.4, 0.5) is 5.82 Å². The Morgan fingerprint density at radius 3 is 2.52 bits per heavy atom. The highest BCUT2D eigenvalue weighted by atomic mass is 32.1. The Balaban J connectivity index is 2.42. The zero-order chi connectivity index (χ0) is 15.7. The van der Waals surface area contributed by atoms with Gasteiger partial charge in [0.2, 0.25) is 0 Å². The number of nitrogens with zero attached hydrogens (tertiary/aromatic N) is 2. The average Bonchev–Trinajstić information content (AvgIpc) is 2.67. The van der Waals surface area contributed by atoms with Gasteiger partial charge in [-0.15, -0.1) is 0 Å². The van der Waals surface area contributed by atoms with Gasteiger partial charge in [-0.3, -0.25) is 0 Å². The van der Waals surface area contributed by atoms with Gasteiger partial charge in [0.05, 0.1) is 17.3 Å². The van der Waals surface area contributed by atoms with Crippen molar-refractivity contribution in [1.29, 1.82) is 0 Å². The molecular formula is C15H20N4OS. The third-order valence-electron chi connectivity index (χ3n) is 3.47. The minimum Gasteiger partial charge on any atom is -0.389 e. The number of nitrogens with one attached hydrogen (secondary N) is 1. The molecule has 0 aliphatic carbocycles. The summed E-state index contributed by atoms with van der Waals surface area (Å²) in [7, 11) is 0. The maximum Gasteiger partial charge on any atom is 0.139 e. The molecule has 21 heavy (non-hydrogen) atoms. The van der Waals surface area contributed by atoms with Crippen LogP contribution >= 0.6 is 12.2 Å². The molecule has 0 aromatic carbocycles. The van der Waals surface area contributed by atoms with Crippen molar-refractivity contribution in [3.63, 3.8) is 0 Å². The predicted octanol–water partition coefficient (Wildman–Crippen LogP) is 3.11. The van der Waals surface area contributed by atoms with E-state index in [1.165, 1.54) is 0 Å². The topological polar surface area (TPSA) is 77.0 Å². The Morgan fingerprint density at radius 2 is 2.00 bits per heavy atom. The van der Waals surface area contributed by atoms with Crippen molar-refractivity contribution in [2.45, 2.75) is 40.7 Å². The first-order valence-electron chi connectivity index (χ1n) is 6.78. The molecule has 112 valence electrons. The van der Waals surface area contributed by atoms with Crippen molar-refractivity contribution in [3.8, 4) is 0 Å². The highest BCUT2D eigenvalue weighted by Gasteiger charge is 2.19. The monoisotopic (exact) mass is 304 g/mol. The van der Waals surface area contributed by atoms with Crippen LogP contribution in [0.2, 0.25) is 0 Å². The van der Waals surface area contributed by atoms with Gasteiger partial charge in [-0.25, -0.2) is 4.98 Å². The number of anilines is 1. The van der Waals surface area contributed by atoms with Gasteiger partial charge in [-0.05, 0) is 46.2 Å². The number of rotatable bonds is 4. The minimum absolute atomic E-state index is 0.00181. The number of nitrogens with two attached hydrogens (primary N) is 1. The summed E-state index contributed by atoms with van der Waals surface area (Å²) >= 11 is 5.15. The van der Waals surface area contributed by atoms with Crippen LogP contribution in [0, 0.1) is 27.7 Å². The van der Waals surface area contributed by atoms with Gasteiger partial charge >= 0.3 is 0 Å². The third-order valence-corrected chi connectivity index (χ3v) is 3.67. The Labute approximate surface area is 129 Å². The number of hydrogen-bond donors (Lipinski definition) is 2. The molecule has 0 saturated heterocycles. The quantitative estimate of drug-likeness (QED) is 0.845. The second-order valence-electron chi connectivity index (χ2n) is 5.27. The Bertz CT molecular complexity index is 674. The largest absolute Gasteiger partial charge is 0.389 e. The fraction of sp³-hybridized carbons (Fsp3) is 0.400. The van der Waals surface area contributed by atoms with Crippen LogP contribution in [0.3, 0.4) is 0 Å². The van der Waals surface area contributed by atoms with Crippen molar-refractivity contribution < 1.29 is 4.52 Å². The van der Waals surface area contributed by atoms with Gasteiger partial charge in [0.15, 0.2) is 0 Å². The first-order valence-corrected chi connectivity index (χ1v) is 7.19. The van der Waals surface area contributed by atoms with Gasteiger partial charge in [-0.1, -0.05) is 17.4 Å². The van der Waals surface area contributed by atoms with Gasteiger partial charge in [-0.2, -0.15) is 0 Å². The van der Waals surface area contributed by atoms with Gasteiger partial charge in [0.25, 0.3) is 0 Å². The van der Waals surface area contributed by atoms with E-state index >= 15 is 0 Å². The van der Waals surface area contributed by atoms with Crippen molar-refractivity contribution in [3.05, 3.63) is 39.9 Å². The summed E-state index contributed by atoms with van der Waals surface area (Å²) in [5.41, 5.74) is 10.5. The molecular weight excluding hydrogens is 284 g/mol. The van der Waals surface area contributed by atoms with Crippen LogP contribution in [-0.2, 0) is 0 Å². The average molecular weight is 304 g/mol. The van der Waals surface area contributed by atoms with E-state index in [1.807, 2.05) is 40.7 Å². The summed E-state index contributed by atoms with van der Waals surface area (Å²) in [6.07, 6.45) is 0. The molecule has 1 atom stereocenters. The van der Waals surface area contributed by atoms with E-state index in [-0.39, 0.29) is 6.04 Å². The van der Waals surface area contributed by atoms with Crippen LogP contribution < -0.4 is 11.1 Å². The van der Waals surface area contributed by atoms with E-state index in [9.17, 15) is 0 Å². The van der Waals surface area contributed by atoms with Crippen molar-refractivity contribution in [2.75, 3.05) is 5.32 Å². The fourth-order valence-electron chi connectivity index (χ4n) is 2.64. The standard InChI is InChI=1S/C15H20N4OS/c1-7-6-8(2)17-15(12(7)14(16)21)18-9(3)13-10(4)19-20-11(13)5/h6,9H,1-5H3,(H2,16,21)(H,17,18). The van der Waals surface area contributed by atoms with E-state index in [0.29, 0.717) is 10.8 Å². The number of aromatic nitrogens is 2. The maximum atomic E-state index is 5.84. The summed E-state index contributed by atoms with van der Waals surface area (Å²) < 4.78 is 5.22. The molecule has 0 bridgehead atoms. The lowest BCUT2D eigenvalue weighted by Gasteiger charge is -2.18. The molecule has 2 heterocycles. The lowest BCUT2D eigenvalue weighted by atomic mass is 10.1. The molecule has 3 N–H and O–H groups in total. The van der Waals surface area contributed by atoms with Crippen LogP contribution in [0.25, 0.3) is 0 Å². The molecule has 0 spiro atoms. The van der Waals surface area contributed by atoms with Crippen LogP contribution in [0.5, 0.6) is 0 Å². The molecule has 0 amide bonds. The zero-order valence-electron chi connectivity index (χ0n) is 12.9. The smallest absolute Gasteiger partial charge is 0.139 e. The van der Waals surface area contributed by atoms with E-state index in [1.54, 1.807) is 0 Å². The lowest BCUT2D eigenvalue weighted by molar-refractivity contribution is 0.392. The molecule has 5 nitrogen and oxygen atoms in total. The highest BCUT2D eigenvalue weighted by molar-refractivity contribution is 7.80. The Hall–Kier alpha value is -1.95. The summed E-state index contributed by atoms with van der Waals surface area (Å²) in [5, 5.41) is 7.36. The summed E-state index contributed by atoms with van der Waals surface area (Å²) in [4.78, 5) is 4.88. The highest BCUT2D eigenvalue weighted by Crippen LogP contribution is 2.27. The number of thiocarbonyl (C=S) groups is 1. The minimum atomic E-state index is -0.00181. The number of hydrogen-bond acceptors (Lipinski definition) is 5. The Kier molecular flexibility index (Phi) is 4.27. The molecule has 2 rings (SSSR count). The molecule has 6 heteroatoms. The fourth-order valence-corrected chi connectivity index (χ4v) is 2.90. The summed E-state index contributed by atoms with van der Waals surface area (Å²) in [6, 6.07) is 1.97. The zero-order valence-corrected chi connectivity index (χ0v) is 13.8. The molecule has 0 aliphatic heterocycles. The van der Waals surface area contributed by atoms with E-state index in [2.05, 4.69) is 15.5 Å². The molecule has 2 aromatic heterocycles.